The summed E-state index contributed by atoms with van der Waals surface area (Å²) >= 11 is 0. The number of nitrogens with one attached hydrogen (secondary N) is 1. The highest BCUT2D eigenvalue weighted by molar-refractivity contribution is 5.21. The van der Waals surface area contributed by atoms with Crippen molar-refractivity contribution < 1.29 is 0 Å². The van der Waals surface area contributed by atoms with Gasteiger partial charge in [-0.25, -0.2) is 0 Å². The maximum absolute atomic E-state index is 4.42. The van der Waals surface area contributed by atoms with Gasteiger partial charge in [-0.3, -0.25) is 9.88 Å². The second-order valence-corrected chi connectivity index (χ2v) is 4.13. The fourth-order valence-electron chi connectivity index (χ4n) is 2.05. The first-order valence-electron chi connectivity index (χ1n) is 5.87. The number of pyridine rings is 1. The molecule has 1 aliphatic heterocycles. The molecule has 2 heterocycles. The maximum Gasteiger partial charge on any atom is 0.0486 e. The molecule has 3 heteroatoms. The van der Waals surface area contributed by atoms with Crippen molar-refractivity contribution in [3.8, 4) is 0 Å². The van der Waals surface area contributed by atoms with Crippen LogP contribution in [0.4, 0.5) is 0 Å². The number of piperazine rings is 1. The van der Waals surface area contributed by atoms with E-state index in [1.807, 2.05) is 18.3 Å². The number of hydrogen-bond acceptors (Lipinski definition) is 3. The zero-order chi connectivity index (χ0) is 11.2. The van der Waals surface area contributed by atoms with Gasteiger partial charge in [0.25, 0.3) is 0 Å². The Morgan fingerprint density at radius 1 is 1.44 bits per heavy atom. The van der Waals surface area contributed by atoms with Gasteiger partial charge in [-0.1, -0.05) is 12.1 Å². The minimum absolute atomic E-state index is 0.863. The number of rotatable bonds is 4. The van der Waals surface area contributed by atoms with Crippen LogP contribution in [0.25, 0.3) is 0 Å². The van der Waals surface area contributed by atoms with Gasteiger partial charge in [0.05, 0.1) is 0 Å². The molecule has 1 fully saturated rings. The van der Waals surface area contributed by atoms with E-state index in [9.17, 15) is 0 Å². The Morgan fingerprint density at radius 3 is 3.00 bits per heavy atom. The fourth-order valence-corrected chi connectivity index (χ4v) is 2.05. The molecule has 16 heavy (non-hydrogen) atoms. The van der Waals surface area contributed by atoms with Crippen molar-refractivity contribution in [3.63, 3.8) is 0 Å². The molecule has 1 saturated heterocycles. The Hall–Kier alpha value is -1.19. The van der Waals surface area contributed by atoms with Crippen LogP contribution >= 0.6 is 0 Å². The summed E-state index contributed by atoms with van der Waals surface area (Å²) in [5.74, 6) is 0. The van der Waals surface area contributed by atoms with Crippen LogP contribution in [0.3, 0.4) is 0 Å². The smallest absolute Gasteiger partial charge is 0.0486 e. The van der Waals surface area contributed by atoms with Crippen LogP contribution in [-0.4, -0.2) is 36.1 Å². The van der Waals surface area contributed by atoms with Gasteiger partial charge in [0.1, 0.15) is 0 Å². The van der Waals surface area contributed by atoms with E-state index in [1.54, 1.807) is 0 Å². The normalized spacial score (nSPS) is 17.2. The molecule has 86 valence electrons. The van der Waals surface area contributed by atoms with E-state index in [1.165, 1.54) is 5.56 Å². The highest BCUT2D eigenvalue weighted by atomic mass is 15.2. The van der Waals surface area contributed by atoms with E-state index in [4.69, 9.17) is 0 Å². The second kappa shape index (κ2) is 5.77. The summed E-state index contributed by atoms with van der Waals surface area (Å²) in [5.41, 5.74) is 2.50. The van der Waals surface area contributed by atoms with Crippen molar-refractivity contribution in [2.45, 2.75) is 13.0 Å². The van der Waals surface area contributed by atoms with Gasteiger partial charge in [-0.2, -0.15) is 0 Å². The molecular formula is C13H19N3. The zero-order valence-corrected chi connectivity index (χ0v) is 9.65. The summed E-state index contributed by atoms with van der Waals surface area (Å²) in [6, 6.07) is 4.19. The van der Waals surface area contributed by atoms with E-state index in [0.29, 0.717) is 0 Å². The van der Waals surface area contributed by atoms with Gasteiger partial charge in [0.15, 0.2) is 0 Å². The largest absolute Gasteiger partial charge is 0.314 e. The lowest BCUT2D eigenvalue weighted by Crippen LogP contribution is -2.43. The van der Waals surface area contributed by atoms with Crippen molar-refractivity contribution in [1.29, 1.82) is 0 Å². The van der Waals surface area contributed by atoms with Crippen LogP contribution in [0, 0.1) is 0 Å². The maximum atomic E-state index is 4.42. The molecule has 1 N–H and O–H groups in total. The molecule has 1 aliphatic rings. The second-order valence-electron chi connectivity index (χ2n) is 4.13. The van der Waals surface area contributed by atoms with Gasteiger partial charge in [0, 0.05) is 51.0 Å². The Bertz CT molecular complexity index is 343. The fraction of sp³-hybridized carbons (Fsp3) is 0.462. The van der Waals surface area contributed by atoms with Gasteiger partial charge in [-0.05, 0) is 11.6 Å². The van der Waals surface area contributed by atoms with Crippen molar-refractivity contribution >= 4 is 0 Å². The van der Waals surface area contributed by atoms with Gasteiger partial charge in [0.2, 0.25) is 0 Å². The monoisotopic (exact) mass is 217 g/mol. The topological polar surface area (TPSA) is 28.2 Å². The third-order valence-electron chi connectivity index (χ3n) is 2.93. The Morgan fingerprint density at radius 2 is 2.25 bits per heavy atom. The molecule has 0 amide bonds. The summed E-state index contributed by atoms with van der Waals surface area (Å²) < 4.78 is 0. The molecule has 0 bridgehead atoms. The summed E-state index contributed by atoms with van der Waals surface area (Å²) in [7, 11) is 0. The predicted octanol–water partition coefficient (Wildman–Crippen LogP) is 1.22. The molecule has 0 unspecified atom stereocenters. The average Bonchev–Trinajstić information content (AvgIpc) is 2.33. The lowest BCUT2D eigenvalue weighted by atomic mass is 10.1. The summed E-state index contributed by atoms with van der Waals surface area (Å²) in [5, 5.41) is 3.37. The molecule has 0 radical (unpaired) electrons. The molecule has 0 spiro atoms. The predicted molar refractivity (Wildman–Crippen MR) is 66.3 cm³/mol. The van der Waals surface area contributed by atoms with Crippen LogP contribution in [0.15, 0.2) is 31.0 Å². The first-order valence-corrected chi connectivity index (χ1v) is 5.87. The van der Waals surface area contributed by atoms with Crippen LogP contribution in [0.2, 0.25) is 0 Å². The van der Waals surface area contributed by atoms with E-state index in [2.05, 4.69) is 27.8 Å². The molecule has 2 rings (SSSR count). The van der Waals surface area contributed by atoms with Gasteiger partial charge < -0.3 is 5.32 Å². The number of hydrogen-bond donors (Lipinski definition) is 1. The van der Waals surface area contributed by atoms with E-state index >= 15 is 0 Å². The molecule has 1 aromatic heterocycles. The Labute approximate surface area is 97.2 Å². The number of nitrogens with zero attached hydrogens (tertiary/aromatic N) is 2. The number of aromatic nitrogens is 1. The van der Waals surface area contributed by atoms with Crippen LogP contribution in [0.5, 0.6) is 0 Å². The van der Waals surface area contributed by atoms with Crippen LogP contribution in [-0.2, 0) is 13.0 Å². The Balaban J connectivity index is 2.04. The summed E-state index contributed by atoms with van der Waals surface area (Å²) in [6.07, 6.45) is 4.64. The van der Waals surface area contributed by atoms with Gasteiger partial charge in [-0.15, -0.1) is 6.58 Å². The standard InChI is InChI=1S/C13H19N3/c1-2-4-13-12(5-3-6-15-13)11-16-9-7-14-8-10-16/h2-3,5-6,14H,1,4,7-11H2. The summed E-state index contributed by atoms with van der Waals surface area (Å²) in [4.78, 5) is 6.89. The van der Waals surface area contributed by atoms with E-state index < -0.39 is 0 Å². The van der Waals surface area contributed by atoms with Crippen molar-refractivity contribution in [3.05, 3.63) is 42.2 Å². The lowest BCUT2D eigenvalue weighted by Gasteiger charge is -2.27. The van der Waals surface area contributed by atoms with Crippen molar-refractivity contribution in [1.82, 2.24) is 15.2 Å². The number of allylic oxidation sites excluding steroid dienone is 1. The molecule has 0 atom stereocenters. The SMILES string of the molecule is C=CCc1ncccc1CN1CCNCC1. The zero-order valence-electron chi connectivity index (χ0n) is 9.65. The molecule has 0 aliphatic carbocycles. The highest BCUT2D eigenvalue weighted by Crippen LogP contribution is 2.10. The van der Waals surface area contributed by atoms with Gasteiger partial charge >= 0.3 is 0 Å². The van der Waals surface area contributed by atoms with Crippen LogP contribution in [0.1, 0.15) is 11.3 Å². The first kappa shape index (κ1) is 11.3. The Kier molecular flexibility index (Phi) is 4.08. The minimum atomic E-state index is 0.863. The average molecular weight is 217 g/mol. The minimum Gasteiger partial charge on any atom is -0.314 e. The quantitative estimate of drug-likeness (QED) is 0.769. The summed E-state index contributed by atoms with van der Waals surface area (Å²) in [6.45, 7) is 9.24. The van der Waals surface area contributed by atoms with E-state index in [-0.39, 0.29) is 0 Å². The molecular weight excluding hydrogens is 198 g/mol. The molecule has 0 aromatic carbocycles. The third kappa shape index (κ3) is 2.90. The van der Waals surface area contributed by atoms with Crippen molar-refractivity contribution in [2.75, 3.05) is 26.2 Å². The molecule has 3 nitrogen and oxygen atoms in total. The third-order valence-corrected chi connectivity index (χ3v) is 2.93. The van der Waals surface area contributed by atoms with Crippen molar-refractivity contribution in [2.24, 2.45) is 0 Å². The molecule has 0 saturated carbocycles. The highest BCUT2D eigenvalue weighted by Gasteiger charge is 2.11. The first-order chi connectivity index (χ1) is 7.90. The van der Waals surface area contributed by atoms with Crippen LogP contribution < -0.4 is 5.32 Å². The van der Waals surface area contributed by atoms with E-state index in [0.717, 1.165) is 44.8 Å². The molecule has 1 aromatic rings. The lowest BCUT2D eigenvalue weighted by molar-refractivity contribution is 0.232.